The molecule has 0 aromatic carbocycles. The van der Waals surface area contributed by atoms with E-state index in [2.05, 4.69) is 45.3 Å². The van der Waals surface area contributed by atoms with Crippen LogP contribution >= 0.6 is 0 Å². The Morgan fingerprint density at radius 2 is 1.64 bits per heavy atom. The van der Waals surface area contributed by atoms with Gasteiger partial charge >= 0.3 is 0 Å². The van der Waals surface area contributed by atoms with Crippen molar-refractivity contribution >= 4 is 0 Å². The molecule has 0 aliphatic heterocycles. The zero-order valence-electron chi connectivity index (χ0n) is 10.6. The van der Waals surface area contributed by atoms with Crippen LogP contribution in [-0.4, -0.2) is 26.2 Å². The monoisotopic (exact) mass is 200 g/mol. The quantitative estimate of drug-likeness (QED) is 0.587. The van der Waals surface area contributed by atoms with Crippen LogP contribution in [-0.2, 0) is 0 Å². The van der Waals surface area contributed by atoms with Gasteiger partial charge in [0.05, 0.1) is 0 Å². The van der Waals surface area contributed by atoms with Crippen molar-refractivity contribution in [2.24, 2.45) is 11.3 Å². The minimum atomic E-state index is 0.443. The Kier molecular flexibility index (Phi) is 7.20. The second kappa shape index (κ2) is 7.24. The molecule has 2 N–H and O–H groups in total. The molecule has 2 nitrogen and oxygen atoms in total. The first-order chi connectivity index (χ1) is 6.48. The summed E-state index contributed by atoms with van der Waals surface area (Å²) in [6, 6.07) is 0. The predicted octanol–water partition coefficient (Wildman–Crippen LogP) is 2.26. The summed E-state index contributed by atoms with van der Waals surface area (Å²) in [5, 5.41) is 6.91. The van der Waals surface area contributed by atoms with Crippen molar-refractivity contribution in [1.82, 2.24) is 10.6 Å². The molecule has 0 fully saturated rings. The highest BCUT2D eigenvalue weighted by Crippen LogP contribution is 2.17. The minimum absolute atomic E-state index is 0.443. The molecule has 0 spiro atoms. The van der Waals surface area contributed by atoms with Crippen LogP contribution in [0, 0.1) is 11.3 Å². The summed E-state index contributed by atoms with van der Waals surface area (Å²) in [6.45, 7) is 15.7. The Hall–Kier alpha value is -0.0800. The van der Waals surface area contributed by atoms with Crippen LogP contribution in [0.2, 0.25) is 0 Å². The average molecular weight is 200 g/mol. The summed E-state index contributed by atoms with van der Waals surface area (Å²) in [4.78, 5) is 0. The summed E-state index contributed by atoms with van der Waals surface area (Å²) < 4.78 is 0. The Labute approximate surface area is 89.9 Å². The first kappa shape index (κ1) is 13.9. The molecule has 14 heavy (non-hydrogen) atoms. The standard InChI is InChI=1S/C12H28N2/c1-6-12(4,5)10-14-8-7-13-9-11(2)3/h11,13-14H,6-10H2,1-5H3. The maximum absolute atomic E-state index is 3.49. The lowest BCUT2D eigenvalue weighted by atomic mass is 9.90. The van der Waals surface area contributed by atoms with E-state index in [4.69, 9.17) is 0 Å². The molecule has 0 heterocycles. The number of hydrogen-bond acceptors (Lipinski definition) is 2. The Balaban J connectivity index is 3.21. The van der Waals surface area contributed by atoms with Crippen molar-refractivity contribution in [2.75, 3.05) is 26.2 Å². The third-order valence-electron chi connectivity index (χ3n) is 2.59. The first-order valence-corrected chi connectivity index (χ1v) is 5.89. The maximum atomic E-state index is 3.49. The molecule has 0 bridgehead atoms. The lowest BCUT2D eigenvalue weighted by Gasteiger charge is -2.23. The van der Waals surface area contributed by atoms with Crippen LogP contribution in [0.4, 0.5) is 0 Å². The molecule has 0 radical (unpaired) electrons. The van der Waals surface area contributed by atoms with Gasteiger partial charge in [-0.1, -0.05) is 34.6 Å². The summed E-state index contributed by atoms with van der Waals surface area (Å²) >= 11 is 0. The molecular formula is C12H28N2. The smallest absolute Gasteiger partial charge is 0.00769 e. The maximum Gasteiger partial charge on any atom is 0.00769 e. The Morgan fingerprint density at radius 1 is 1.07 bits per heavy atom. The van der Waals surface area contributed by atoms with Crippen molar-refractivity contribution in [3.8, 4) is 0 Å². The van der Waals surface area contributed by atoms with Gasteiger partial charge in [-0.3, -0.25) is 0 Å². The Morgan fingerprint density at radius 3 is 2.14 bits per heavy atom. The molecular weight excluding hydrogens is 172 g/mol. The zero-order chi connectivity index (χ0) is 11.0. The van der Waals surface area contributed by atoms with Crippen LogP contribution in [0.3, 0.4) is 0 Å². The van der Waals surface area contributed by atoms with E-state index in [0.29, 0.717) is 5.41 Å². The van der Waals surface area contributed by atoms with Crippen molar-refractivity contribution in [2.45, 2.75) is 41.0 Å². The normalized spacial score (nSPS) is 12.4. The van der Waals surface area contributed by atoms with Gasteiger partial charge in [-0.05, 0) is 24.3 Å². The predicted molar refractivity (Wildman–Crippen MR) is 64.6 cm³/mol. The molecule has 0 aliphatic carbocycles. The molecule has 2 heteroatoms. The average Bonchev–Trinajstić information content (AvgIpc) is 2.10. The molecule has 0 unspecified atom stereocenters. The van der Waals surface area contributed by atoms with E-state index in [-0.39, 0.29) is 0 Å². The van der Waals surface area contributed by atoms with E-state index in [0.717, 1.165) is 32.1 Å². The third-order valence-corrected chi connectivity index (χ3v) is 2.59. The summed E-state index contributed by atoms with van der Waals surface area (Å²) in [5.74, 6) is 0.752. The SMILES string of the molecule is CCC(C)(C)CNCCNCC(C)C. The molecule has 0 atom stereocenters. The number of hydrogen-bond donors (Lipinski definition) is 2. The summed E-state index contributed by atoms with van der Waals surface area (Å²) in [5.41, 5.74) is 0.443. The number of nitrogens with one attached hydrogen (secondary N) is 2. The molecule has 0 saturated heterocycles. The Bertz CT molecular complexity index is 130. The summed E-state index contributed by atoms with van der Waals surface area (Å²) in [7, 11) is 0. The van der Waals surface area contributed by atoms with Crippen molar-refractivity contribution in [3.05, 3.63) is 0 Å². The first-order valence-electron chi connectivity index (χ1n) is 5.89. The van der Waals surface area contributed by atoms with Crippen LogP contribution in [0.1, 0.15) is 41.0 Å². The van der Waals surface area contributed by atoms with E-state index < -0.39 is 0 Å². The molecule has 0 aliphatic rings. The lowest BCUT2D eigenvalue weighted by molar-refractivity contribution is 0.328. The van der Waals surface area contributed by atoms with Crippen molar-refractivity contribution in [1.29, 1.82) is 0 Å². The van der Waals surface area contributed by atoms with Gasteiger partial charge in [-0.15, -0.1) is 0 Å². The van der Waals surface area contributed by atoms with E-state index in [1.807, 2.05) is 0 Å². The van der Waals surface area contributed by atoms with Crippen LogP contribution in [0.25, 0.3) is 0 Å². The molecule has 0 rings (SSSR count). The molecule has 0 amide bonds. The highest BCUT2D eigenvalue weighted by molar-refractivity contribution is 4.69. The highest BCUT2D eigenvalue weighted by atomic mass is 14.9. The highest BCUT2D eigenvalue weighted by Gasteiger charge is 2.13. The van der Waals surface area contributed by atoms with Gasteiger partial charge < -0.3 is 10.6 Å². The van der Waals surface area contributed by atoms with E-state index in [1.54, 1.807) is 0 Å². The van der Waals surface area contributed by atoms with Crippen LogP contribution in [0.15, 0.2) is 0 Å². The van der Waals surface area contributed by atoms with Gasteiger partial charge in [-0.2, -0.15) is 0 Å². The van der Waals surface area contributed by atoms with E-state index >= 15 is 0 Å². The fourth-order valence-corrected chi connectivity index (χ4v) is 1.12. The minimum Gasteiger partial charge on any atom is -0.315 e. The van der Waals surface area contributed by atoms with Crippen LogP contribution < -0.4 is 10.6 Å². The summed E-state index contributed by atoms with van der Waals surface area (Å²) in [6.07, 6.45) is 1.24. The fraction of sp³-hybridized carbons (Fsp3) is 1.00. The molecule has 0 aromatic heterocycles. The van der Waals surface area contributed by atoms with E-state index in [1.165, 1.54) is 6.42 Å². The van der Waals surface area contributed by atoms with E-state index in [9.17, 15) is 0 Å². The van der Waals surface area contributed by atoms with Crippen molar-refractivity contribution < 1.29 is 0 Å². The molecule has 0 aromatic rings. The molecule has 86 valence electrons. The van der Waals surface area contributed by atoms with Crippen molar-refractivity contribution in [3.63, 3.8) is 0 Å². The number of rotatable bonds is 8. The van der Waals surface area contributed by atoms with Gasteiger partial charge in [0.1, 0.15) is 0 Å². The molecule has 0 saturated carbocycles. The second-order valence-corrected chi connectivity index (χ2v) is 5.29. The van der Waals surface area contributed by atoms with Gasteiger partial charge in [0.2, 0.25) is 0 Å². The van der Waals surface area contributed by atoms with Gasteiger partial charge in [-0.25, -0.2) is 0 Å². The van der Waals surface area contributed by atoms with Crippen LogP contribution in [0.5, 0.6) is 0 Å². The van der Waals surface area contributed by atoms with Gasteiger partial charge in [0.25, 0.3) is 0 Å². The lowest BCUT2D eigenvalue weighted by Crippen LogP contribution is -2.35. The fourth-order valence-electron chi connectivity index (χ4n) is 1.12. The largest absolute Gasteiger partial charge is 0.315 e. The topological polar surface area (TPSA) is 24.1 Å². The van der Waals surface area contributed by atoms with Gasteiger partial charge in [0.15, 0.2) is 0 Å². The second-order valence-electron chi connectivity index (χ2n) is 5.29. The third kappa shape index (κ3) is 8.52. The van der Waals surface area contributed by atoms with Gasteiger partial charge in [0, 0.05) is 19.6 Å². The zero-order valence-corrected chi connectivity index (χ0v) is 10.6.